The second-order valence-corrected chi connectivity index (χ2v) is 4.90. The highest BCUT2D eigenvalue weighted by Crippen LogP contribution is 2.14. The molecule has 23 heavy (non-hydrogen) atoms. The Morgan fingerprint density at radius 2 is 1.91 bits per heavy atom. The highest BCUT2D eigenvalue weighted by Gasteiger charge is 2.18. The monoisotopic (exact) mass is 315 g/mol. The summed E-state index contributed by atoms with van der Waals surface area (Å²) in [5.41, 5.74) is -0.833. The number of amides is 1. The minimum atomic E-state index is -0.859. The lowest BCUT2D eigenvalue weighted by Crippen LogP contribution is -2.26. The summed E-state index contributed by atoms with van der Waals surface area (Å²) in [4.78, 5) is 24.6. The van der Waals surface area contributed by atoms with Crippen molar-refractivity contribution >= 4 is 22.5 Å². The van der Waals surface area contributed by atoms with Crippen LogP contribution in [0.5, 0.6) is 0 Å². The molecular formula is C16H11F2N3O2. The molecule has 3 rings (SSSR count). The minimum absolute atomic E-state index is 0.0289. The first kappa shape index (κ1) is 14.8. The van der Waals surface area contributed by atoms with E-state index in [1.807, 2.05) is 0 Å². The number of rotatable bonds is 2. The van der Waals surface area contributed by atoms with Gasteiger partial charge in [0.15, 0.2) is 5.69 Å². The van der Waals surface area contributed by atoms with Crippen molar-refractivity contribution in [2.45, 2.75) is 0 Å². The van der Waals surface area contributed by atoms with E-state index in [0.29, 0.717) is 5.52 Å². The number of para-hydroxylation sites is 1. The normalized spacial score (nSPS) is 10.7. The molecule has 1 amide bonds. The van der Waals surface area contributed by atoms with Gasteiger partial charge in [0, 0.05) is 7.05 Å². The second kappa shape index (κ2) is 5.60. The van der Waals surface area contributed by atoms with Gasteiger partial charge >= 0.3 is 0 Å². The molecule has 5 nitrogen and oxygen atoms in total. The maximum absolute atomic E-state index is 13.6. The maximum atomic E-state index is 13.6. The van der Waals surface area contributed by atoms with Crippen molar-refractivity contribution in [3.8, 4) is 0 Å². The molecule has 1 N–H and O–H groups in total. The van der Waals surface area contributed by atoms with Crippen LogP contribution in [0, 0.1) is 11.6 Å². The average molecular weight is 315 g/mol. The summed E-state index contributed by atoms with van der Waals surface area (Å²) in [5, 5.41) is 6.22. The van der Waals surface area contributed by atoms with Gasteiger partial charge in [0.25, 0.3) is 5.91 Å². The molecule has 116 valence electrons. The van der Waals surface area contributed by atoms with Crippen LogP contribution >= 0.6 is 0 Å². The average Bonchev–Trinajstić information content (AvgIpc) is 2.53. The molecule has 2 aromatic carbocycles. The fraction of sp³-hybridized carbons (Fsp3) is 0.0625. The molecule has 0 aliphatic rings. The molecule has 0 fully saturated rings. The number of benzene rings is 2. The number of hydrogen-bond donors (Lipinski definition) is 1. The zero-order valence-corrected chi connectivity index (χ0v) is 12.0. The Morgan fingerprint density at radius 3 is 2.65 bits per heavy atom. The molecule has 0 saturated heterocycles. The van der Waals surface area contributed by atoms with Crippen molar-refractivity contribution in [3.05, 3.63) is 70.0 Å². The van der Waals surface area contributed by atoms with Gasteiger partial charge in [-0.2, -0.15) is 5.10 Å². The van der Waals surface area contributed by atoms with Gasteiger partial charge in [-0.1, -0.05) is 12.1 Å². The summed E-state index contributed by atoms with van der Waals surface area (Å²) in [7, 11) is 1.53. The Hall–Kier alpha value is -3.09. The van der Waals surface area contributed by atoms with Gasteiger partial charge < -0.3 is 5.32 Å². The summed E-state index contributed by atoms with van der Waals surface area (Å²) >= 11 is 0. The third-order valence-electron chi connectivity index (χ3n) is 3.35. The van der Waals surface area contributed by atoms with Gasteiger partial charge in [-0.05, 0) is 30.3 Å². The van der Waals surface area contributed by atoms with Gasteiger partial charge in [0.05, 0.1) is 16.6 Å². The third kappa shape index (κ3) is 2.68. The van der Waals surface area contributed by atoms with Gasteiger partial charge in [0.1, 0.15) is 11.6 Å². The molecule has 7 heteroatoms. The second-order valence-electron chi connectivity index (χ2n) is 4.90. The summed E-state index contributed by atoms with van der Waals surface area (Å²) in [6.45, 7) is 0. The maximum Gasteiger partial charge on any atom is 0.280 e. The zero-order chi connectivity index (χ0) is 16.6. The third-order valence-corrected chi connectivity index (χ3v) is 3.35. The number of nitrogens with one attached hydrogen (secondary N) is 1. The van der Waals surface area contributed by atoms with Crippen LogP contribution in [0.15, 0.2) is 47.3 Å². The van der Waals surface area contributed by atoms with Crippen molar-refractivity contribution in [1.29, 1.82) is 0 Å². The fourth-order valence-electron chi connectivity index (χ4n) is 2.24. The topological polar surface area (TPSA) is 64.0 Å². The molecule has 0 atom stereocenters. The van der Waals surface area contributed by atoms with E-state index in [-0.39, 0.29) is 11.1 Å². The Bertz CT molecular complexity index is 983. The van der Waals surface area contributed by atoms with Crippen LogP contribution in [-0.4, -0.2) is 15.7 Å². The number of aromatic nitrogens is 2. The molecule has 1 aromatic heterocycles. The lowest BCUT2D eigenvalue weighted by atomic mass is 10.2. The quantitative estimate of drug-likeness (QED) is 0.790. The van der Waals surface area contributed by atoms with Crippen LogP contribution in [0.4, 0.5) is 14.5 Å². The summed E-state index contributed by atoms with van der Waals surface area (Å²) in [6, 6.07) is 9.19. The molecule has 0 unspecified atom stereocenters. The van der Waals surface area contributed by atoms with Gasteiger partial charge in [0.2, 0.25) is 5.43 Å². The zero-order valence-electron chi connectivity index (χ0n) is 12.0. The first-order valence-corrected chi connectivity index (χ1v) is 6.70. The molecule has 0 aliphatic heterocycles. The Labute approximate surface area is 129 Å². The minimum Gasteiger partial charge on any atom is -0.318 e. The van der Waals surface area contributed by atoms with E-state index < -0.39 is 28.7 Å². The molecule has 0 spiro atoms. The number of hydrogen-bond acceptors (Lipinski definition) is 3. The molecule has 1 heterocycles. The lowest BCUT2D eigenvalue weighted by molar-refractivity contribution is 0.101. The van der Waals surface area contributed by atoms with E-state index >= 15 is 0 Å². The van der Waals surface area contributed by atoms with Gasteiger partial charge in [-0.25, -0.2) is 8.78 Å². The largest absolute Gasteiger partial charge is 0.318 e. The van der Waals surface area contributed by atoms with Crippen LogP contribution in [0.25, 0.3) is 10.9 Å². The Balaban J connectivity index is 2.09. The molecule has 3 aromatic rings. The summed E-state index contributed by atoms with van der Waals surface area (Å²) < 4.78 is 28.2. The van der Waals surface area contributed by atoms with Crippen molar-refractivity contribution in [3.63, 3.8) is 0 Å². The number of halogens is 2. The van der Waals surface area contributed by atoms with E-state index in [2.05, 4.69) is 10.4 Å². The molecule has 0 saturated carbocycles. The SMILES string of the molecule is Cn1nc(C(=O)Nc2ccccc2F)c(=O)c2cc(F)ccc21. The number of fused-ring (bicyclic) bond motifs is 1. The van der Waals surface area contributed by atoms with Crippen LogP contribution in [-0.2, 0) is 7.05 Å². The first-order chi connectivity index (χ1) is 11.0. The number of nitrogens with zero attached hydrogens (tertiary/aromatic N) is 2. The molecular weight excluding hydrogens is 304 g/mol. The Kier molecular flexibility index (Phi) is 3.61. The van der Waals surface area contributed by atoms with Gasteiger partial charge in [-0.3, -0.25) is 14.3 Å². The van der Waals surface area contributed by atoms with Crippen LogP contribution in [0.3, 0.4) is 0 Å². The van der Waals surface area contributed by atoms with E-state index in [1.165, 1.54) is 42.1 Å². The van der Waals surface area contributed by atoms with Gasteiger partial charge in [-0.15, -0.1) is 0 Å². The highest BCUT2D eigenvalue weighted by atomic mass is 19.1. The van der Waals surface area contributed by atoms with E-state index in [1.54, 1.807) is 6.07 Å². The van der Waals surface area contributed by atoms with Crippen molar-refractivity contribution < 1.29 is 13.6 Å². The standard InChI is InChI=1S/C16H11F2N3O2/c1-21-13-7-6-9(17)8-10(13)15(22)14(20-21)16(23)19-12-5-3-2-4-11(12)18/h2-8H,1H3,(H,19,23). The number of carbonyl (C=O) groups excluding carboxylic acids is 1. The van der Waals surface area contributed by atoms with E-state index in [9.17, 15) is 18.4 Å². The Morgan fingerprint density at radius 1 is 1.17 bits per heavy atom. The van der Waals surface area contributed by atoms with Crippen molar-refractivity contribution in [1.82, 2.24) is 9.78 Å². The van der Waals surface area contributed by atoms with E-state index in [0.717, 1.165) is 6.07 Å². The molecule has 0 bridgehead atoms. The first-order valence-electron chi connectivity index (χ1n) is 6.70. The lowest BCUT2D eigenvalue weighted by Gasteiger charge is -2.09. The predicted molar refractivity (Wildman–Crippen MR) is 81.3 cm³/mol. The predicted octanol–water partition coefficient (Wildman–Crippen LogP) is 2.46. The van der Waals surface area contributed by atoms with Crippen LogP contribution in [0.1, 0.15) is 10.5 Å². The number of carbonyl (C=O) groups is 1. The van der Waals surface area contributed by atoms with Crippen molar-refractivity contribution in [2.75, 3.05) is 5.32 Å². The van der Waals surface area contributed by atoms with E-state index in [4.69, 9.17) is 0 Å². The number of aryl methyl sites for hydroxylation is 1. The summed E-state index contributed by atoms with van der Waals surface area (Å²) in [6.07, 6.45) is 0. The molecule has 0 radical (unpaired) electrons. The highest BCUT2D eigenvalue weighted by molar-refractivity contribution is 6.04. The van der Waals surface area contributed by atoms with Crippen LogP contribution in [0.2, 0.25) is 0 Å². The molecule has 0 aliphatic carbocycles. The number of anilines is 1. The fourth-order valence-corrected chi connectivity index (χ4v) is 2.24. The van der Waals surface area contributed by atoms with Crippen molar-refractivity contribution in [2.24, 2.45) is 7.05 Å². The smallest absolute Gasteiger partial charge is 0.280 e. The van der Waals surface area contributed by atoms with Crippen LogP contribution < -0.4 is 10.7 Å². The summed E-state index contributed by atoms with van der Waals surface area (Å²) in [5.74, 6) is -2.09.